The molecule has 0 saturated carbocycles. The Kier molecular flexibility index (Phi) is 6.93. The van der Waals surface area contributed by atoms with Crippen molar-refractivity contribution >= 4 is 40.2 Å². The molecule has 1 heterocycles. The van der Waals surface area contributed by atoms with E-state index in [9.17, 15) is 4.79 Å². The zero-order valence-corrected chi connectivity index (χ0v) is 21.4. The Labute approximate surface area is 213 Å². The third-order valence-corrected chi connectivity index (χ3v) is 8.80. The van der Waals surface area contributed by atoms with Crippen molar-refractivity contribution < 1.29 is 14.6 Å². The van der Waals surface area contributed by atoms with Crippen molar-refractivity contribution in [2.75, 3.05) is 12.4 Å². The monoisotopic (exact) mass is 501 g/mol. The van der Waals surface area contributed by atoms with Crippen LogP contribution in [0.5, 0.6) is 0 Å². The lowest BCUT2D eigenvalue weighted by atomic mass is 9.89. The lowest BCUT2D eigenvalue weighted by Crippen LogP contribution is -2.21. The van der Waals surface area contributed by atoms with E-state index in [0.717, 1.165) is 33.0 Å². The lowest BCUT2D eigenvalue weighted by Gasteiger charge is -2.19. The Bertz CT molecular complexity index is 1400. The standard InChI is InChI=1S/C29H27NO3S2/c1-18-15-22(33-17-25(31)32)16-24-26(18)19(2)28-27(24)30-29(35-28)34-14-13-23(20-9-5-3-6-10-20)21-11-7-4-8-12-21/h3-12,15,23H,13-14,16-17H2,1-2H3,(H,31,32). The van der Waals surface area contributed by atoms with Gasteiger partial charge in [-0.25, -0.2) is 9.78 Å². The normalized spacial score (nSPS) is 14.8. The summed E-state index contributed by atoms with van der Waals surface area (Å²) in [5.41, 5.74) is 7.45. The van der Waals surface area contributed by atoms with Crippen molar-refractivity contribution in [1.82, 2.24) is 4.98 Å². The second-order valence-electron chi connectivity index (χ2n) is 8.80. The number of carbonyl (C=O) groups is 1. The number of allylic oxidation sites excluding steroid dienone is 4. The Morgan fingerprint density at radius 3 is 2.37 bits per heavy atom. The quantitative estimate of drug-likeness (QED) is 0.393. The molecule has 1 N–H and O–H groups in total. The molecule has 0 saturated heterocycles. The highest BCUT2D eigenvalue weighted by Crippen LogP contribution is 2.37. The molecule has 2 aliphatic rings. The van der Waals surface area contributed by atoms with Gasteiger partial charge in [0.05, 0.1) is 9.88 Å². The molecule has 35 heavy (non-hydrogen) atoms. The number of carboxylic acid groups (broad SMARTS) is 1. The highest BCUT2D eigenvalue weighted by molar-refractivity contribution is 8.00. The topological polar surface area (TPSA) is 59.4 Å². The number of hydrogen-bond donors (Lipinski definition) is 1. The molecule has 0 unspecified atom stereocenters. The highest BCUT2D eigenvalue weighted by atomic mass is 32.2. The number of ether oxygens (including phenoxy) is 1. The van der Waals surface area contributed by atoms with Crippen LogP contribution in [0.25, 0.3) is 11.1 Å². The van der Waals surface area contributed by atoms with Crippen molar-refractivity contribution in [1.29, 1.82) is 0 Å². The number of nitrogens with zero attached hydrogens (tertiary/aromatic N) is 1. The van der Waals surface area contributed by atoms with Crippen LogP contribution in [-0.4, -0.2) is 28.4 Å². The van der Waals surface area contributed by atoms with Gasteiger partial charge in [-0.2, -0.15) is 0 Å². The summed E-state index contributed by atoms with van der Waals surface area (Å²) in [6.45, 7) is 3.90. The molecular weight excluding hydrogens is 474 g/mol. The van der Waals surface area contributed by atoms with Gasteiger partial charge >= 0.3 is 5.97 Å². The van der Waals surface area contributed by atoms with Gasteiger partial charge in [0.2, 0.25) is 0 Å². The molecule has 2 aromatic carbocycles. The molecule has 4 nitrogen and oxygen atoms in total. The van der Waals surface area contributed by atoms with Gasteiger partial charge < -0.3 is 9.84 Å². The van der Waals surface area contributed by atoms with E-state index in [0.29, 0.717) is 18.1 Å². The summed E-state index contributed by atoms with van der Waals surface area (Å²) in [5, 5.41) is 10.0. The summed E-state index contributed by atoms with van der Waals surface area (Å²) < 4.78 is 7.84. The molecule has 0 amide bonds. The summed E-state index contributed by atoms with van der Waals surface area (Å²) >= 11 is 3.58. The smallest absolute Gasteiger partial charge is 0.341 e. The molecule has 0 bridgehead atoms. The van der Waals surface area contributed by atoms with Gasteiger partial charge in [-0.05, 0) is 59.8 Å². The predicted octanol–water partition coefficient (Wildman–Crippen LogP) is 5.50. The van der Waals surface area contributed by atoms with Crippen LogP contribution in [0.1, 0.15) is 43.7 Å². The minimum Gasteiger partial charge on any atom is -0.486 e. The highest BCUT2D eigenvalue weighted by Gasteiger charge is 2.27. The third kappa shape index (κ3) is 5.00. The molecule has 5 rings (SSSR count). The van der Waals surface area contributed by atoms with Crippen LogP contribution in [0.4, 0.5) is 0 Å². The summed E-state index contributed by atoms with van der Waals surface area (Å²) in [4.78, 5) is 16.0. The Morgan fingerprint density at radius 2 is 1.74 bits per heavy atom. The maximum absolute atomic E-state index is 10.9. The van der Waals surface area contributed by atoms with Crippen LogP contribution in [0, 0.1) is 0 Å². The first-order chi connectivity index (χ1) is 17.0. The number of benzene rings is 2. The van der Waals surface area contributed by atoms with Crippen LogP contribution in [0.2, 0.25) is 0 Å². The van der Waals surface area contributed by atoms with E-state index in [2.05, 4.69) is 74.5 Å². The zero-order valence-electron chi connectivity index (χ0n) is 19.8. The average Bonchev–Trinajstić information content (AvgIpc) is 3.40. The maximum atomic E-state index is 10.9. The Morgan fingerprint density at radius 1 is 1.09 bits per heavy atom. The lowest BCUT2D eigenvalue weighted by molar-refractivity contribution is -0.140. The van der Waals surface area contributed by atoms with Crippen molar-refractivity contribution in [3.05, 3.63) is 105 Å². The SMILES string of the molecule is CC1=C2C(=c3nc(SCCC(c4ccccc4)c4ccccc4)sc3=C2C)CC(OCC(=O)O)=C1. The number of carboxylic acids is 1. The van der Waals surface area contributed by atoms with Gasteiger partial charge in [0.25, 0.3) is 0 Å². The summed E-state index contributed by atoms with van der Waals surface area (Å²) in [5.74, 6) is 1.06. The summed E-state index contributed by atoms with van der Waals surface area (Å²) in [6.07, 6.45) is 3.58. The number of aliphatic carboxylic acids is 1. The molecule has 1 aromatic heterocycles. The minimum atomic E-state index is -0.963. The fourth-order valence-electron chi connectivity index (χ4n) is 4.93. The van der Waals surface area contributed by atoms with E-state index >= 15 is 0 Å². The molecular formula is C29H27NO3S2. The number of aromatic nitrogens is 1. The van der Waals surface area contributed by atoms with Crippen LogP contribution in [-0.2, 0) is 9.53 Å². The van der Waals surface area contributed by atoms with Gasteiger partial charge in [-0.1, -0.05) is 72.4 Å². The van der Waals surface area contributed by atoms with Crippen LogP contribution < -0.4 is 9.88 Å². The van der Waals surface area contributed by atoms with Crippen molar-refractivity contribution in [2.24, 2.45) is 0 Å². The van der Waals surface area contributed by atoms with Crippen molar-refractivity contribution in [3.63, 3.8) is 0 Å². The van der Waals surface area contributed by atoms with Crippen LogP contribution in [0.3, 0.4) is 0 Å². The third-order valence-electron chi connectivity index (χ3n) is 6.45. The first kappa shape index (κ1) is 23.6. The number of thioether (sulfide) groups is 1. The molecule has 3 aromatic rings. The second-order valence-corrected chi connectivity index (χ2v) is 11.1. The van der Waals surface area contributed by atoms with Crippen LogP contribution >= 0.6 is 23.1 Å². The Balaban J connectivity index is 1.35. The summed E-state index contributed by atoms with van der Waals surface area (Å²) in [6, 6.07) is 21.4. The number of hydrogen-bond acceptors (Lipinski definition) is 5. The predicted molar refractivity (Wildman–Crippen MR) is 143 cm³/mol. The molecule has 6 heteroatoms. The molecule has 0 spiro atoms. The van der Waals surface area contributed by atoms with Gasteiger partial charge in [0.1, 0.15) is 5.76 Å². The molecule has 178 valence electrons. The average molecular weight is 502 g/mol. The Hall–Kier alpha value is -3.09. The minimum absolute atomic E-state index is 0.320. The molecule has 2 aliphatic carbocycles. The fraction of sp³-hybridized carbons (Fsp3) is 0.241. The van der Waals surface area contributed by atoms with Crippen molar-refractivity contribution in [2.45, 2.75) is 36.9 Å². The van der Waals surface area contributed by atoms with Gasteiger partial charge in [0, 0.05) is 18.1 Å². The van der Waals surface area contributed by atoms with Gasteiger partial charge in [0.15, 0.2) is 10.9 Å². The number of thiazole rings is 1. The van der Waals surface area contributed by atoms with E-state index < -0.39 is 5.97 Å². The second kappa shape index (κ2) is 10.3. The molecule has 0 radical (unpaired) electrons. The van der Waals surface area contributed by atoms with E-state index in [1.807, 2.05) is 17.8 Å². The van der Waals surface area contributed by atoms with Crippen LogP contribution in [0.15, 0.2) is 88.0 Å². The maximum Gasteiger partial charge on any atom is 0.341 e. The van der Waals surface area contributed by atoms with E-state index in [-0.39, 0.29) is 6.61 Å². The van der Waals surface area contributed by atoms with Crippen molar-refractivity contribution in [3.8, 4) is 0 Å². The van der Waals surface area contributed by atoms with Gasteiger partial charge in [-0.3, -0.25) is 0 Å². The molecule has 0 fully saturated rings. The fourth-order valence-corrected chi connectivity index (χ4v) is 7.18. The van der Waals surface area contributed by atoms with E-state index in [1.54, 1.807) is 11.3 Å². The first-order valence-electron chi connectivity index (χ1n) is 11.7. The number of rotatable bonds is 9. The number of fused-ring (bicyclic) bond motifs is 2. The zero-order chi connectivity index (χ0) is 24.4. The van der Waals surface area contributed by atoms with E-state index in [4.69, 9.17) is 14.8 Å². The summed E-state index contributed by atoms with van der Waals surface area (Å²) in [7, 11) is 0. The van der Waals surface area contributed by atoms with E-state index in [1.165, 1.54) is 26.8 Å². The largest absolute Gasteiger partial charge is 0.486 e. The molecule has 0 atom stereocenters. The van der Waals surface area contributed by atoms with Gasteiger partial charge in [-0.15, -0.1) is 11.3 Å². The molecule has 0 aliphatic heterocycles. The first-order valence-corrected chi connectivity index (χ1v) is 13.5.